The summed E-state index contributed by atoms with van der Waals surface area (Å²) in [5.74, 6) is -2.15. The number of carboxylic acids is 2. The molecule has 4 heteroatoms. The monoisotopic (exact) mass is 392 g/mol. The van der Waals surface area contributed by atoms with Crippen molar-refractivity contribution in [2.45, 2.75) is 103 Å². The lowest BCUT2D eigenvalue weighted by atomic mass is 9.96. The third-order valence-corrected chi connectivity index (χ3v) is 5.05. The maximum Gasteiger partial charge on any atom is 0.332 e. The summed E-state index contributed by atoms with van der Waals surface area (Å²) in [7, 11) is 0. The van der Waals surface area contributed by atoms with Gasteiger partial charge in [0.25, 0.3) is 0 Å². The molecule has 0 aromatic rings. The zero-order chi connectivity index (χ0) is 21.0. The minimum atomic E-state index is -1.08. The lowest BCUT2D eigenvalue weighted by Gasteiger charge is -2.09. The molecule has 0 aliphatic rings. The first-order valence-electron chi connectivity index (χ1n) is 10.9. The first-order chi connectivity index (χ1) is 13.5. The molecule has 0 aromatic heterocycles. The van der Waals surface area contributed by atoms with Gasteiger partial charge in [-0.05, 0) is 51.4 Å². The number of carboxylic acid groups (broad SMARTS) is 2. The van der Waals surface area contributed by atoms with Crippen LogP contribution in [0.2, 0.25) is 0 Å². The molecule has 0 atom stereocenters. The first-order valence-corrected chi connectivity index (χ1v) is 10.9. The molecule has 0 heterocycles. The second-order valence-electron chi connectivity index (χ2n) is 7.46. The Hall–Kier alpha value is -1.84. The van der Waals surface area contributed by atoms with Gasteiger partial charge >= 0.3 is 11.9 Å². The van der Waals surface area contributed by atoms with Crippen molar-refractivity contribution < 1.29 is 19.8 Å². The van der Waals surface area contributed by atoms with Crippen molar-refractivity contribution >= 4 is 11.9 Å². The van der Waals surface area contributed by atoms with Gasteiger partial charge in [-0.25, -0.2) is 9.59 Å². The Bertz CT molecular complexity index is 447. The van der Waals surface area contributed by atoms with Crippen molar-refractivity contribution in [2.75, 3.05) is 0 Å². The predicted octanol–water partition coefficient (Wildman–Crippen LogP) is 7.07. The second-order valence-corrected chi connectivity index (χ2v) is 7.46. The second kappa shape index (κ2) is 18.5. The van der Waals surface area contributed by atoms with E-state index in [0.717, 1.165) is 77.0 Å². The number of allylic oxidation sites excluding steroid dienone is 2. The van der Waals surface area contributed by atoms with Gasteiger partial charge in [-0.1, -0.05) is 63.5 Å². The molecule has 0 radical (unpaired) electrons. The van der Waals surface area contributed by atoms with E-state index >= 15 is 0 Å². The Kier molecular flexibility index (Phi) is 17.3. The molecule has 4 nitrogen and oxygen atoms in total. The van der Waals surface area contributed by atoms with Gasteiger partial charge in [0.2, 0.25) is 0 Å². The minimum absolute atomic E-state index is 0.102. The van der Waals surface area contributed by atoms with Crippen molar-refractivity contribution in [1.82, 2.24) is 0 Å². The van der Waals surface area contributed by atoms with Crippen LogP contribution >= 0.6 is 0 Å². The van der Waals surface area contributed by atoms with Gasteiger partial charge in [-0.2, -0.15) is 0 Å². The van der Waals surface area contributed by atoms with E-state index in [1.165, 1.54) is 12.8 Å². The van der Waals surface area contributed by atoms with Crippen LogP contribution in [0.25, 0.3) is 0 Å². The molecule has 0 saturated carbocycles. The number of unbranched alkanes of at least 4 members (excludes halogenated alkanes) is 12. The minimum Gasteiger partial charge on any atom is -0.478 e. The van der Waals surface area contributed by atoms with Gasteiger partial charge in [0.1, 0.15) is 0 Å². The van der Waals surface area contributed by atoms with E-state index in [0.29, 0.717) is 12.8 Å². The van der Waals surface area contributed by atoms with Gasteiger partial charge in [-0.15, -0.1) is 13.2 Å². The third kappa shape index (κ3) is 14.2. The summed E-state index contributed by atoms with van der Waals surface area (Å²) in [5, 5.41) is 19.0. The van der Waals surface area contributed by atoms with E-state index in [1.807, 2.05) is 12.2 Å². The Balaban J connectivity index is 4.29. The standard InChI is InChI=1S/C24H40O4/c1-3-5-7-9-11-13-15-17-19-21(23(25)26)22(24(27)28)20-18-16-14-12-10-8-6-4-2/h3-4H,1-2,5-20H2,(H,25,26)(H,27,28)/b22-21-. The van der Waals surface area contributed by atoms with Gasteiger partial charge in [0, 0.05) is 11.1 Å². The van der Waals surface area contributed by atoms with Crippen LogP contribution in [0.15, 0.2) is 36.5 Å². The summed E-state index contributed by atoms with van der Waals surface area (Å²) in [5.41, 5.74) is 0.204. The van der Waals surface area contributed by atoms with Crippen molar-refractivity contribution in [1.29, 1.82) is 0 Å². The summed E-state index contributed by atoms with van der Waals surface area (Å²) >= 11 is 0. The SMILES string of the molecule is C=CCCCCCCCC/C(C(=O)O)=C(\CCCCCCCCC=C)C(=O)O. The molecule has 0 bridgehead atoms. The van der Waals surface area contributed by atoms with Crippen LogP contribution in [0.1, 0.15) is 103 Å². The van der Waals surface area contributed by atoms with E-state index in [4.69, 9.17) is 0 Å². The molecular weight excluding hydrogens is 352 g/mol. The number of rotatable bonds is 20. The molecule has 0 aliphatic carbocycles. The molecule has 28 heavy (non-hydrogen) atoms. The number of carbonyl (C=O) groups is 2. The Morgan fingerprint density at radius 3 is 1.11 bits per heavy atom. The summed E-state index contributed by atoms with van der Waals surface area (Å²) in [6.45, 7) is 7.42. The van der Waals surface area contributed by atoms with E-state index in [-0.39, 0.29) is 11.1 Å². The predicted molar refractivity (Wildman–Crippen MR) is 117 cm³/mol. The lowest BCUT2D eigenvalue weighted by Crippen LogP contribution is -2.12. The largest absolute Gasteiger partial charge is 0.478 e. The number of hydrogen-bond donors (Lipinski definition) is 2. The fraction of sp³-hybridized carbons (Fsp3) is 0.667. The normalized spacial score (nSPS) is 11.7. The maximum absolute atomic E-state index is 11.6. The molecule has 0 fully saturated rings. The fourth-order valence-corrected chi connectivity index (χ4v) is 3.37. The molecule has 0 rings (SSSR count). The number of hydrogen-bond acceptors (Lipinski definition) is 2. The van der Waals surface area contributed by atoms with Gasteiger partial charge in [-0.3, -0.25) is 0 Å². The van der Waals surface area contributed by atoms with Crippen molar-refractivity contribution in [3.05, 3.63) is 36.5 Å². The van der Waals surface area contributed by atoms with Crippen LogP contribution in [0.3, 0.4) is 0 Å². The van der Waals surface area contributed by atoms with Crippen LogP contribution in [0, 0.1) is 0 Å². The Labute approximate surface area is 171 Å². The van der Waals surface area contributed by atoms with Gasteiger partial charge in [0.05, 0.1) is 0 Å². The Morgan fingerprint density at radius 1 is 0.536 bits per heavy atom. The lowest BCUT2D eigenvalue weighted by molar-refractivity contribution is -0.136. The topological polar surface area (TPSA) is 74.6 Å². The van der Waals surface area contributed by atoms with E-state index < -0.39 is 11.9 Å². The van der Waals surface area contributed by atoms with Gasteiger partial charge < -0.3 is 10.2 Å². The quantitative estimate of drug-likeness (QED) is 0.132. The maximum atomic E-state index is 11.6. The highest BCUT2D eigenvalue weighted by Gasteiger charge is 2.19. The smallest absolute Gasteiger partial charge is 0.332 e. The molecule has 0 spiro atoms. The summed E-state index contributed by atoms with van der Waals surface area (Å²) < 4.78 is 0. The van der Waals surface area contributed by atoms with Crippen LogP contribution in [0.5, 0.6) is 0 Å². The zero-order valence-corrected chi connectivity index (χ0v) is 17.6. The van der Waals surface area contributed by atoms with Crippen LogP contribution in [-0.2, 0) is 9.59 Å². The molecule has 2 N–H and O–H groups in total. The van der Waals surface area contributed by atoms with E-state index in [2.05, 4.69) is 13.2 Å². The summed E-state index contributed by atoms with van der Waals surface area (Å²) in [6.07, 6.45) is 19.1. The number of aliphatic carboxylic acids is 2. The fourth-order valence-electron chi connectivity index (χ4n) is 3.37. The molecule has 160 valence electrons. The molecule has 0 aromatic carbocycles. The molecule has 0 saturated heterocycles. The van der Waals surface area contributed by atoms with Gasteiger partial charge in [0.15, 0.2) is 0 Å². The molecule has 0 unspecified atom stereocenters. The van der Waals surface area contributed by atoms with Crippen molar-refractivity contribution in [3.63, 3.8) is 0 Å². The van der Waals surface area contributed by atoms with Crippen molar-refractivity contribution in [3.8, 4) is 0 Å². The highest BCUT2D eigenvalue weighted by atomic mass is 16.4. The van der Waals surface area contributed by atoms with Crippen LogP contribution < -0.4 is 0 Å². The third-order valence-electron chi connectivity index (χ3n) is 5.05. The van der Waals surface area contributed by atoms with Crippen LogP contribution in [0.4, 0.5) is 0 Å². The molecule has 0 aliphatic heterocycles. The highest BCUT2D eigenvalue weighted by Crippen LogP contribution is 2.21. The molecule has 0 amide bonds. The van der Waals surface area contributed by atoms with E-state index in [1.54, 1.807) is 0 Å². The average molecular weight is 393 g/mol. The van der Waals surface area contributed by atoms with E-state index in [9.17, 15) is 19.8 Å². The van der Waals surface area contributed by atoms with Crippen molar-refractivity contribution in [2.24, 2.45) is 0 Å². The molecular formula is C24H40O4. The summed E-state index contributed by atoms with van der Waals surface area (Å²) in [4.78, 5) is 23.2. The van der Waals surface area contributed by atoms with Crippen LogP contribution in [-0.4, -0.2) is 22.2 Å². The first kappa shape index (κ1) is 26.2. The average Bonchev–Trinajstić information content (AvgIpc) is 2.66. The zero-order valence-electron chi connectivity index (χ0n) is 17.6. The Morgan fingerprint density at radius 2 is 0.821 bits per heavy atom. The summed E-state index contributed by atoms with van der Waals surface area (Å²) in [6, 6.07) is 0. The highest BCUT2D eigenvalue weighted by molar-refractivity contribution is 5.98.